The summed E-state index contributed by atoms with van der Waals surface area (Å²) in [5, 5.41) is 2.96. The van der Waals surface area contributed by atoms with Crippen LogP contribution in [0.2, 0.25) is 0 Å². The monoisotopic (exact) mass is 365 g/mol. The van der Waals surface area contributed by atoms with Gasteiger partial charge in [0.2, 0.25) is 0 Å². The Labute approximate surface area is 161 Å². The minimum Gasteiger partial charge on any atom is -0.336 e. The summed E-state index contributed by atoms with van der Waals surface area (Å²) in [7, 11) is 0. The van der Waals surface area contributed by atoms with Gasteiger partial charge in [0.25, 0.3) is 11.8 Å². The number of hydrogen-bond donors (Lipinski definition) is 1. The normalized spacial score (nSPS) is 14.9. The average molecular weight is 365 g/mol. The van der Waals surface area contributed by atoms with Gasteiger partial charge in [-0.1, -0.05) is 25.1 Å². The van der Waals surface area contributed by atoms with Gasteiger partial charge in [-0.2, -0.15) is 0 Å². The summed E-state index contributed by atoms with van der Waals surface area (Å²) in [6.45, 7) is 10.4. The van der Waals surface area contributed by atoms with E-state index in [1.807, 2.05) is 36.9 Å². The highest BCUT2D eigenvalue weighted by Gasteiger charge is 2.22. The lowest BCUT2D eigenvalue weighted by Crippen LogP contribution is -2.48. The molecule has 3 rings (SSSR count). The van der Waals surface area contributed by atoms with E-state index in [0.717, 1.165) is 49.5 Å². The van der Waals surface area contributed by atoms with E-state index in [9.17, 15) is 9.59 Å². The maximum absolute atomic E-state index is 12.8. The van der Waals surface area contributed by atoms with E-state index >= 15 is 0 Å². The number of nitrogens with one attached hydrogen (secondary N) is 1. The second-order valence-electron chi connectivity index (χ2n) is 7.01. The molecule has 27 heavy (non-hydrogen) atoms. The van der Waals surface area contributed by atoms with E-state index in [-0.39, 0.29) is 11.8 Å². The first kappa shape index (κ1) is 19.1. The van der Waals surface area contributed by atoms with Crippen LogP contribution in [0, 0.1) is 13.8 Å². The van der Waals surface area contributed by atoms with E-state index in [1.54, 1.807) is 24.3 Å². The molecule has 0 aromatic heterocycles. The minimum atomic E-state index is -0.200. The first-order valence-electron chi connectivity index (χ1n) is 9.49. The van der Waals surface area contributed by atoms with Crippen molar-refractivity contribution in [2.75, 3.05) is 38.0 Å². The molecule has 1 N–H and O–H groups in total. The number of hydrogen-bond acceptors (Lipinski definition) is 3. The van der Waals surface area contributed by atoms with Gasteiger partial charge in [0.1, 0.15) is 0 Å². The SMILES string of the molecule is CCN1CCN(C(=O)c2cccc(C(=O)Nc3cccc(C)c3C)c2)CC1. The lowest BCUT2D eigenvalue weighted by Gasteiger charge is -2.34. The molecule has 0 saturated carbocycles. The summed E-state index contributed by atoms with van der Waals surface area (Å²) in [5.41, 5.74) is 4.03. The Kier molecular flexibility index (Phi) is 5.91. The van der Waals surface area contributed by atoms with Crippen molar-refractivity contribution in [1.29, 1.82) is 0 Å². The fraction of sp³-hybridized carbons (Fsp3) is 0.364. The summed E-state index contributed by atoms with van der Waals surface area (Å²) in [6, 6.07) is 12.8. The van der Waals surface area contributed by atoms with Crippen LogP contribution in [0.3, 0.4) is 0 Å². The Balaban J connectivity index is 1.72. The van der Waals surface area contributed by atoms with Crippen molar-refractivity contribution >= 4 is 17.5 Å². The standard InChI is InChI=1S/C22H27N3O2/c1-4-24-11-13-25(14-12-24)22(27)19-9-6-8-18(15-19)21(26)23-20-10-5-7-16(2)17(20)3/h5-10,15H,4,11-14H2,1-3H3,(H,23,26). The minimum absolute atomic E-state index is 0.00728. The molecule has 1 aliphatic rings. The predicted octanol–water partition coefficient (Wildman–Crippen LogP) is 3.33. The van der Waals surface area contributed by atoms with E-state index in [0.29, 0.717) is 11.1 Å². The molecular formula is C22H27N3O2. The van der Waals surface area contributed by atoms with Crippen LogP contribution >= 0.6 is 0 Å². The van der Waals surface area contributed by atoms with Gasteiger partial charge in [0.15, 0.2) is 0 Å². The molecule has 2 amide bonds. The Hall–Kier alpha value is -2.66. The van der Waals surface area contributed by atoms with Crippen LogP contribution in [0.4, 0.5) is 5.69 Å². The summed E-state index contributed by atoms with van der Waals surface area (Å²) in [6.07, 6.45) is 0. The molecule has 5 heteroatoms. The largest absolute Gasteiger partial charge is 0.336 e. The van der Waals surface area contributed by atoms with E-state index in [2.05, 4.69) is 17.1 Å². The van der Waals surface area contributed by atoms with Gasteiger partial charge < -0.3 is 15.1 Å². The van der Waals surface area contributed by atoms with Crippen LogP contribution in [-0.4, -0.2) is 54.3 Å². The third-order valence-corrected chi connectivity index (χ3v) is 5.33. The Morgan fingerprint density at radius 3 is 2.33 bits per heavy atom. The van der Waals surface area contributed by atoms with Gasteiger partial charge in [-0.3, -0.25) is 9.59 Å². The van der Waals surface area contributed by atoms with Crippen molar-refractivity contribution in [3.05, 3.63) is 64.7 Å². The van der Waals surface area contributed by atoms with E-state index < -0.39 is 0 Å². The number of amides is 2. The smallest absolute Gasteiger partial charge is 0.255 e. The number of piperazine rings is 1. The van der Waals surface area contributed by atoms with Crippen molar-refractivity contribution < 1.29 is 9.59 Å². The molecule has 0 aliphatic carbocycles. The summed E-state index contributed by atoms with van der Waals surface area (Å²) in [4.78, 5) is 29.7. The molecule has 0 unspecified atom stereocenters. The second-order valence-corrected chi connectivity index (χ2v) is 7.01. The van der Waals surface area contributed by atoms with Crippen LogP contribution < -0.4 is 5.32 Å². The maximum atomic E-state index is 12.8. The molecule has 1 fully saturated rings. The third-order valence-electron chi connectivity index (χ3n) is 5.33. The highest BCUT2D eigenvalue weighted by Crippen LogP contribution is 2.19. The molecule has 2 aromatic rings. The fourth-order valence-corrected chi connectivity index (χ4v) is 3.32. The predicted molar refractivity (Wildman–Crippen MR) is 108 cm³/mol. The zero-order valence-electron chi connectivity index (χ0n) is 16.3. The third kappa shape index (κ3) is 4.37. The molecule has 2 aromatic carbocycles. The number of carbonyl (C=O) groups is 2. The quantitative estimate of drug-likeness (QED) is 0.904. The average Bonchev–Trinajstić information content (AvgIpc) is 2.71. The highest BCUT2D eigenvalue weighted by molar-refractivity contribution is 6.06. The van der Waals surface area contributed by atoms with E-state index in [1.165, 1.54) is 0 Å². The van der Waals surface area contributed by atoms with Crippen LogP contribution in [0.15, 0.2) is 42.5 Å². The van der Waals surface area contributed by atoms with Gasteiger partial charge in [0, 0.05) is 43.0 Å². The Morgan fingerprint density at radius 1 is 0.963 bits per heavy atom. The first-order valence-corrected chi connectivity index (χ1v) is 9.49. The topological polar surface area (TPSA) is 52.7 Å². The fourth-order valence-electron chi connectivity index (χ4n) is 3.32. The van der Waals surface area contributed by atoms with Crippen LogP contribution in [-0.2, 0) is 0 Å². The number of carbonyl (C=O) groups excluding carboxylic acids is 2. The van der Waals surface area contributed by atoms with E-state index in [4.69, 9.17) is 0 Å². The van der Waals surface area contributed by atoms with Crippen molar-refractivity contribution in [1.82, 2.24) is 9.80 Å². The lowest BCUT2D eigenvalue weighted by atomic mass is 10.1. The zero-order chi connectivity index (χ0) is 19.4. The number of nitrogens with zero attached hydrogens (tertiary/aromatic N) is 2. The van der Waals surface area contributed by atoms with Crippen LogP contribution in [0.1, 0.15) is 38.8 Å². The van der Waals surface area contributed by atoms with Gasteiger partial charge in [0.05, 0.1) is 0 Å². The second kappa shape index (κ2) is 8.35. The Morgan fingerprint density at radius 2 is 1.63 bits per heavy atom. The molecular weight excluding hydrogens is 338 g/mol. The highest BCUT2D eigenvalue weighted by atomic mass is 16.2. The number of anilines is 1. The molecule has 1 aliphatic heterocycles. The van der Waals surface area contributed by atoms with Crippen molar-refractivity contribution in [2.45, 2.75) is 20.8 Å². The lowest BCUT2D eigenvalue weighted by molar-refractivity contribution is 0.0643. The number of likely N-dealkylation sites (N-methyl/N-ethyl adjacent to an activating group) is 1. The van der Waals surface area contributed by atoms with Crippen LogP contribution in [0.25, 0.3) is 0 Å². The van der Waals surface area contributed by atoms with Crippen LogP contribution in [0.5, 0.6) is 0 Å². The maximum Gasteiger partial charge on any atom is 0.255 e. The molecule has 5 nitrogen and oxygen atoms in total. The van der Waals surface area contributed by atoms with Gasteiger partial charge in [-0.15, -0.1) is 0 Å². The molecule has 142 valence electrons. The number of benzene rings is 2. The molecule has 0 atom stereocenters. The van der Waals surface area contributed by atoms with Gasteiger partial charge >= 0.3 is 0 Å². The number of rotatable bonds is 4. The van der Waals surface area contributed by atoms with Crippen molar-refractivity contribution in [2.24, 2.45) is 0 Å². The summed E-state index contributed by atoms with van der Waals surface area (Å²) < 4.78 is 0. The molecule has 0 bridgehead atoms. The van der Waals surface area contributed by atoms with Gasteiger partial charge in [-0.25, -0.2) is 0 Å². The molecule has 1 saturated heterocycles. The summed E-state index contributed by atoms with van der Waals surface area (Å²) in [5.74, 6) is -0.207. The summed E-state index contributed by atoms with van der Waals surface area (Å²) >= 11 is 0. The Bertz CT molecular complexity index is 839. The van der Waals surface area contributed by atoms with Crippen molar-refractivity contribution in [3.8, 4) is 0 Å². The zero-order valence-corrected chi connectivity index (χ0v) is 16.3. The first-order chi connectivity index (χ1) is 13.0. The van der Waals surface area contributed by atoms with Gasteiger partial charge in [-0.05, 0) is 55.8 Å². The van der Waals surface area contributed by atoms with Crippen molar-refractivity contribution in [3.63, 3.8) is 0 Å². The molecule has 1 heterocycles. The molecule has 0 radical (unpaired) electrons. The number of aryl methyl sites for hydroxylation is 1. The molecule has 0 spiro atoms.